The molecule has 0 spiro atoms. The Morgan fingerprint density at radius 3 is 2.74 bits per heavy atom. The van der Waals surface area contributed by atoms with Gasteiger partial charge in [-0.2, -0.15) is 5.10 Å². The molecule has 4 heteroatoms. The van der Waals surface area contributed by atoms with E-state index in [9.17, 15) is 9.90 Å². The fourth-order valence-corrected chi connectivity index (χ4v) is 3.20. The van der Waals surface area contributed by atoms with Gasteiger partial charge in [0.1, 0.15) is 0 Å². The molecule has 1 aliphatic rings. The van der Waals surface area contributed by atoms with E-state index in [1.165, 1.54) is 0 Å². The van der Waals surface area contributed by atoms with Crippen LogP contribution in [-0.2, 0) is 4.79 Å². The Kier molecular flexibility index (Phi) is 3.97. The zero-order valence-electron chi connectivity index (χ0n) is 12.0. The van der Waals surface area contributed by atoms with Crippen LogP contribution < -0.4 is 0 Å². The molecule has 3 atom stereocenters. The first-order valence-corrected chi connectivity index (χ1v) is 7.17. The van der Waals surface area contributed by atoms with E-state index in [1.54, 1.807) is 6.20 Å². The monoisotopic (exact) mass is 264 g/mol. The molecule has 106 valence electrons. The Balaban J connectivity index is 2.21. The molecule has 0 aliphatic heterocycles. The Morgan fingerprint density at radius 1 is 1.47 bits per heavy atom. The molecular weight excluding hydrogens is 240 g/mol. The third-order valence-corrected chi connectivity index (χ3v) is 5.01. The fraction of sp³-hybridized carbons (Fsp3) is 0.733. The molecule has 4 nitrogen and oxygen atoms in total. The Labute approximate surface area is 114 Å². The highest BCUT2D eigenvalue weighted by Crippen LogP contribution is 2.46. The van der Waals surface area contributed by atoms with E-state index in [-0.39, 0.29) is 17.4 Å². The average Bonchev–Trinajstić information content (AvgIpc) is 2.91. The molecule has 3 unspecified atom stereocenters. The van der Waals surface area contributed by atoms with E-state index < -0.39 is 5.97 Å². The van der Waals surface area contributed by atoms with Crippen LogP contribution in [0.15, 0.2) is 18.5 Å². The van der Waals surface area contributed by atoms with Gasteiger partial charge in [0, 0.05) is 12.4 Å². The van der Waals surface area contributed by atoms with Crippen molar-refractivity contribution in [3.05, 3.63) is 18.5 Å². The molecule has 1 fully saturated rings. The van der Waals surface area contributed by atoms with Crippen LogP contribution in [-0.4, -0.2) is 20.9 Å². The lowest BCUT2D eigenvalue weighted by atomic mass is 9.66. The quantitative estimate of drug-likeness (QED) is 0.907. The summed E-state index contributed by atoms with van der Waals surface area (Å²) in [6.07, 6.45) is 7.43. The smallest absolute Gasteiger partial charge is 0.308 e. The van der Waals surface area contributed by atoms with Gasteiger partial charge in [-0.05, 0) is 36.7 Å². The van der Waals surface area contributed by atoms with Crippen LogP contribution in [0, 0.1) is 17.3 Å². The van der Waals surface area contributed by atoms with E-state index in [2.05, 4.69) is 25.9 Å². The number of hydrogen-bond donors (Lipinski definition) is 1. The lowest BCUT2D eigenvalue weighted by molar-refractivity contribution is -0.145. The van der Waals surface area contributed by atoms with E-state index >= 15 is 0 Å². The summed E-state index contributed by atoms with van der Waals surface area (Å²) >= 11 is 0. The van der Waals surface area contributed by atoms with Gasteiger partial charge in [-0.1, -0.05) is 27.2 Å². The number of carboxylic acid groups (broad SMARTS) is 1. The number of rotatable bonds is 4. The SMILES string of the molecule is CCC(C)(C)C1CCC(C(=O)O)C(n2cccn2)C1. The van der Waals surface area contributed by atoms with Crippen molar-refractivity contribution in [3.63, 3.8) is 0 Å². The molecule has 1 N–H and O–H groups in total. The molecule has 1 saturated carbocycles. The van der Waals surface area contributed by atoms with Gasteiger partial charge >= 0.3 is 5.97 Å². The molecule has 0 amide bonds. The lowest BCUT2D eigenvalue weighted by Crippen LogP contribution is -2.37. The van der Waals surface area contributed by atoms with Gasteiger partial charge in [0.25, 0.3) is 0 Å². The van der Waals surface area contributed by atoms with Crippen LogP contribution >= 0.6 is 0 Å². The number of carboxylic acids is 1. The minimum atomic E-state index is -0.687. The highest BCUT2D eigenvalue weighted by atomic mass is 16.4. The number of hydrogen-bond acceptors (Lipinski definition) is 2. The first kappa shape index (κ1) is 14.1. The predicted molar refractivity (Wildman–Crippen MR) is 73.8 cm³/mol. The highest BCUT2D eigenvalue weighted by Gasteiger charge is 2.41. The topological polar surface area (TPSA) is 55.1 Å². The summed E-state index contributed by atoms with van der Waals surface area (Å²) < 4.78 is 1.84. The summed E-state index contributed by atoms with van der Waals surface area (Å²) in [6, 6.07) is 1.87. The normalized spacial score (nSPS) is 28.3. The molecule has 0 radical (unpaired) electrons. The second-order valence-corrected chi connectivity index (χ2v) is 6.35. The Bertz CT molecular complexity index is 425. The van der Waals surface area contributed by atoms with Crippen LogP contribution in [0.3, 0.4) is 0 Å². The third-order valence-electron chi connectivity index (χ3n) is 5.01. The standard InChI is InChI=1S/C15H24N2O2/c1-4-15(2,3)11-6-7-12(14(18)19)13(10-11)17-9-5-8-16-17/h5,8-9,11-13H,4,6-7,10H2,1-3H3,(H,18,19). The molecule has 0 saturated heterocycles. The van der Waals surface area contributed by atoms with Crippen molar-refractivity contribution in [2.75, 3.05) is 0 Å². The number of carbonyl (C=O) groups is 1. The van der Waals surface area contributed by atoms with Crippen molar-refractivity contribution in [1.29, 1.82) is 0 Å². The van der Waals surface area contributed by atoms with Gasteiger partial charge in [0.2, 0.25) is 0 Å². The number of nitrogens with zero attached hydrogens (tertiary/aromatic N) is 2. The van der Waals surface area contributed by atoms with Crippen molar-refractivity contribution >= 4 is 5.97 Å². The highest BCUT2D eigenvalue weighted by molar-refractivity contribution is 5.70. The summed E-state index contributed by atoms with van der Waals surface area (Å²) in [5, 5.41) is 13.7. The number of aliphatic carboxylic acids is 1. The third kappa shape index (κ3) is 2.82. The van der Waals surface area contributed by atoms with Crippen LogP contribution in [0.4, 0.5) is 0 Å². The fourth-order valence-electron chi connectivity index (χ4n) is 3.20. The zero-order chi connectivity index (χ0) is 14.0. The van der Waals surface area contributed by atoms with Gasteiger partial charge in [0.05, 0.1) is 12.0 Å². The van der Waals surface area contributed by atoms with Crippen molar-refractivity contribution in [2.24, 2.45) is 17.3 Å². The summed E-state index contributed by atoms with van der Waals surface area (Å²) in [7, 11) is 0. The summed E-state index contributed by atoms with van der Waals surface area (Å²) in [5.41, 5.74) is 0.273. The molecule has 0 aromatic carbocycles. The van der Waals surface area contributed by atoms with E-state index in [0.29, 0.717) is 5.92 Å². The first-order valence-electron chi connectivity index (χ1n) is 7.17. The van der Waals surface area contributed by atoms with Gasteiger partial charge in [-0.15, -0.1) is 0 Å². The average molecular weight is 264 g/mol. The van der Waals surface area contributed by atoms with E-state index in [1.807, 2.05) is 16.9 Å². The van der Waals surface area contributed by atoms with Gasteiger partial charge in [-0.25, -0.2) is 0 Å². The van der Waals surface area contributed by atoms with E-state index in [0.717, 1.165) is 25.7 Å². The maximum atomic E-state index is 11.4. The zero-order valence-corrected chi connectivity index (χ0v) is 12.0. The van der Waals surface area contributed by atoms with Gasteiger partial charge in [-0.3, -0.25) is 9.48 Å². The summed E-state index contributed by atoms with van der Waals surface area (Å²) in [6.45, 7) is 6.80. The molecule has 0 bridgehead atoms. The van der Waals surface area contributed by atoms with Crippen molar-refractivity contribution in [1.82, 2.24) is 9.78 Å². The van der Waals surface area contributed by atoms with Crippen LogP contribution in [0.25, 0.3) is 0 Å². The number of aromatic nitrogens is 2. The van der Waals surface area contributed by atoms with Crippen LogP contribution in [0.5, 0.6) is 0 Å². The molecular formula is C15H24N2O2. The van der Waals surface area contributed by atoms with Gasteiger partial charge < -0.3 is 5.11 Å². The largest absolute Gasteiger partial charge is 0.481 e. The second kappa shape index (κ2) is 5.35. The Hall–Kier alpha value is -1.32. The minimum Gasteiger partial charge on any atom is -0.481 e. The van der Waals surface area contributed by atoms with E-state index in [4.69, 9.17) is 0 Å². The lowest BCUT2D eigenvalue weighted by Gasteiger charge is -2.41. The molecule has 1 heterocycles. The Morgan fingerprint density at radius 2 is 2.21 bits per heavy atom. The molecule has 1 aromatic rings. The maximum Gasteiger partial charge on any atom is 0.308 e. The molecule has 1 aromatic heterocycles. The summed E-state index contributed by atoms with van der Waals surface area (Å²) in [4.78, 5) is 11.4. The van der Waals surface area contributed by atoms with Crippen LogP contribution in [0.2, 0.25) is 0 Å². The van der Waals surface area contributed by atoms with Crippen LogP contribution in [0.1, 0.15) is 52.5 Å². The maximum absolute atomic E-state index is 11.4. The summed E-state index contributed by atoms with van der Waals surface area (Å²) in [5.74, 6) is -0.417. The van der Waals surface area contributed by atoms with Crippen molar-refractivity contribution < 1.29 is 9.90 Å². The molecule has 19 heavy (non-hydrogen) atoms. The first-order chi connectivity index (χ1) is 8.95. The van der Waals surface area contributed by atoms with Crippen molar-refractivity contribution in [2.45, 2.75) is 52.5 Å². The molecule has 1 aliphatic carbocycles. The predicted octanol–water partition coefficient (Wildman–Crippen LogP) is 3.36. The second-order valence-electron chi connectivity index (χ2n) is 6.35. The minimum absolute atomic E-state index is 0.00271. The van der Waals surface area contributed by atoms with Crippen molar-refractivity contribution in [3.8, 4) is 0 Å². The molecule has 2 rings (SSSR count). The van der Waals surface area contributed by atoms with Gasteiger partial charge in [0.15, 0.2) is 0 Å².